The van der Waals surface area contributed by atoms with Gasteiger partial charge in [0.25, 0.3) is 0 Å². The van der Waals surface area contributed by atoms with Gasteiger partial charge in [-0.15, -0.1) is 0 Å². The molecule has 0 aromatic heterocycles. The van der Waals surface area contributed by atoms with Crippen LogP contribution >= 0.6 is 0 Å². The van der Waals surface area contributed by atoms with Crippen LogP contribution in [0.1, 0.15) is 78.1 Å². The Labute approximate surface area is 129 Å². The fourth-order valence-electron chi connectivity index (χ4n) is 2.61. The standard InChI is InChI=1S/C17H32O4/c1-3-15-16(21-15)11-9-7-5-4-6-8-10-12-17(19)20-14(2)13-18/h14-16,18H,3-13H2,1-2H3. The van der Waals surface area contributed by atoms with Crippen LogP contribution in [-0.2, 0) is 14.3 Å². The molecule has 3 unspecified atom stereocenters. The number of carbonyl (C=O) groups is 1. The second kappa shape index (κ2) is 11.0. The minimum atomic E-state index is -0.375. The summed E-state index contributed by atoms with van der Waals surface area (Å²) in [5.74, 6) is -0.188. The van der Waals surface area contributed by atoms with Gasteiger partial charge >= 0.3 is 5.97 Å². The van der Waals surface area contributed by atoms with Crippen molar-refractivity contribution in [1.29, 1.82) is 0 Å². The molecule has 0 spiro atoms. The fraction of sp³-hybridized carbons (Fsp3) is 0.941. The molecule has 21 heavy (non-hydrogen) atoms. The molecule has 0 bridgehead atoms. The van der Waals surface area contributed by atoms with Crippen molar-refractivity contribution in [3.8, 4) is 0 Å². The van der Waals surface area contributed by atoms with E-state index >= 15 is 0 Å². The Morgan fingerprint density at radius 1 is 1.10 bits per heavy atom. The molecule has 124 valence electrons. The van der Waals surface area contributed by atoms with Gasteiger partial charge in [0.05, 0.1) is 18.8 Å². The molecule has 0 saturated carbocycles. The molecule has 4 heteroatoms. The highest BCUT2D eigenvalue weighted by Crippen LogP contribution is 2.29. The number of hydrogen-bond donors (Lipinski definition) is 1. The molecule has 0 aliphatic carbocycles. The highest BCUT2D eigenvalue weighted by Gasteiger charge is 2.35. The molecule has 1 aliphatic heterocycles. The Balaban J connectivity index is 1.77. The van der Waals surface area contributed by atoms with E-state index in [0.717, 1.165) is 19.3 Å². The minimum absolute atomic E-state index is 0.101. The van der Waals surface area contributed by atoms with Crippen LogP contribution in [0.25, 0.3) is 0 Å². The molecule has 0 aromatic carbocycles. The van der Waals surface area contributed by atoms with Gasteiger partial charge in [-0.2, -0.15) is 0 Å². The van der Waals surface area contributed by atoms with Gasteiger partial charge in [0.1, 0.15) is 6.10 Å². The van der Waals surface area contributed by atoms with Crippen LogP contribution in [0.4, 0.5) is 0 Å². The van der Waals surface area contributed by atoms with Crippen molar-refractivity contribution in [2.24, 2.45) is 0 Å². The summed E-state index contributed by atoms with van der Waals surface area (Å²) >= 11 is 0. The van der Waals surface area contributed by atoms with Crippen LogP contribution in [-0.4, -0.2) is 36.0 Å². The lowest BCUT2D eigenvalue weighted by atomic mass is 10.1. The summed E-state index contributed by atoms with van der Waals surface area (Å²) in [5, 5.41) is 8.78. The Morgan fingerprint density at radius 3 is 2.29 bits per heavy atom. The van der Waals surface area contributed by atoms with E-state index in [-0.39, 0.29) is 18.7 Å². The highest BCUT2D eigenvalue weighted by atomic mass is 16.6. The molecule has 1 rings (SSSR count). The molecular formula is C17H32O4. The molecule has 0 radical (unpaired) electrons. The highest BCUT2D eigenvalue weighted by molar-refractivity contribution is 5.69. The van der Waals surface area contributed by atoms with Crippen LogP contribution in [0.2, 0.25) is 0 Å². The molecule has 1 aliphatic rings. The number of hydrogen-bond acceptors (Lipinski definition) is 4. The van der Waals surface area contributed by atoms with E-state index < -0.39 is 0 Å². The normalized spacial score (nSPS) is 22.0. The lowest BCUT2D eigenvalue weighted by Crippen LogP contribution is -2.18. The van der Waals surface area contributed by atoms with Gasteiger partial charge in [-0.3, -0.25) is 4.79 Å². The fourth-order valence-corrected chi connectivity index (χ4v) is 2.61. The molecule has 0 aromatic rings. The predicted molar refractivity (Wildman–Crippen MR) is 83.1 cm³/mol. The van der Waals surface area contributed by atoms with Crippen molar-refractivity contribution < 1.29 is 19.4 Å². The quantitative estimate of drug-likeness (QED) is 0.321. The average Bonchev–Trinajstić information content (AvgIpc) is 3.23. The van der Waals surface area contributed by atoms with Crippen molar-refractivity contribution >= 4 is 5.97 Å². The predicted octanol–water partition coefficient (Wildman–Crippen LogP) is 3.60. The van der Waals surface area contributed by atoms with Crippen LogP contribution in [0.15, 0.2) is 0 Å². The Bertz CT molecular complexity index is 280. The first-order valence-electron chi connectivity index (χ1n) is 8.63. The summed E-state index contributed by atoms with van der Waals surface area (Å²) < 4.78 is 10.5. The molecule has 1 saturated heterocycles. The van der Waals surface area contributed by atoms with Crippen LogP contribution in [0, 0.1) is 0 Å². The van der Waals surface area contributed by atoms with Gasteiger partial charge in [-0.25, -0.2) is 0 Å². The van der Waals surface area contributed by atoms with Crippen molar-refractivity contribution in [3.63, 3.8) is 0 Å². The van der Waals surface area contributed by atoms with Crippen LogP contribution in [0.5, 0.6) is 0 Å². The van der Waals surface area contributed by atoms with E-state index in [4.69, 9.17) is 14.6 Å². The first-order chi connectivity index (χ1) is 10.2. The maximum Gasteiger partial charge on any atom is 0.306 e. The van der Waals surface area contributed by atoms with Gasteiger partial charge in [0.15, 0.2) is 0 Å². The third kappa shape index (κ3) is 9.10. The summed E-state index contributed by atoms with van der Waals surface area (Å²) in [7, 11) is 0. The largest absolute Gasteiger partial charge is 0.460 e. The van der Waals surface area contributed by atoms with Crippen molar-refractivity contribution in [2.75, 3.05) is 6.61 Å². The Hall–Kier alpha value is -0.610. The number of epoxide rings is 1. The topological polar surface area (TPSA) is 59.1 Å². The second-order valence-electron chi connectivity index (χ2n) is 6.12. The second-order valence-corrected chi connectivity index (χ2v) is 6.12. The molecule has 1 heterocycles. The Morgan fingerprint density at radius 2 is 1.71 bits per heavy atom. The number of unbranched alkanes of at least 4 members (excludes halogenated alkanes) is 6. The smallest absolute Gasteiger partial charge is 0.306 e. The summed E-state index contributed by atoms with van der Waals surface area (Å²) in [5.41, 5.74) is 0. The van der Waals surface area contributed by atoms with E-state index in [1.165, 1.54) is 38.5 Å². The van der Waals surface area contributed by atoms with Gasteiger partial charge < -0.3 is 14.6 Å². The Kier molecular flexibility index (Phi) is 9.68. The van der Waals surface area contributed by atoms with Gasteiger partial charge in [-0.05, 0) is 26.2 Å². The van der Waals surface area contributed by atoms with E-state index in [2.05, 4.69) is 6.92 Å². The first kappa shape index (κ1) is 18.4. The number of aliphatic hydroxyl groups is 1. The van der Waals surface area contributed by atoms with Crippen molar-refractivity contribution in [1.82, 2.24) is 0 Å². The third-order valence-corrected chi connectivity index (χ3v) is 4.05. The number of esters is 1. The first-order valence-corrected chi connectivity index (χ1v) is 8.63. The van der Waals surface area contributed by atoms with Crippen LogP contribution < -0.4 is 0 Å². The number of aliphatic hydroxyl groups excluding tert-OH is 1. The summed E-state index contributed by atoms with van der Waals surface area (Å²) in [6.45, 7) is 3.79. The molecule has 0 amide bonds. The minimum Gasteiger partial charge on any atom is -0.460 e. The summed E-state index contributed by atoms with van der Waals surface area (Å²) in [6.07, 6.45) is 11.9. The molecule has 1 fully saturated rings. The SMILES string of the molecule is CCC1OC1CCCCCCCCCC(=O)OC(C)CO. The lowest BCUT2D eigenvalue weighted by Gasteiger charge is -2.09. The number of carbonyl (C=O) groups excluding carboxylic acids is 1. The summed E-state index contributed by atoms with van der Waals surface area (Å²) in [4.78, 5) is 11.4. The van der Waals surface area contributed by atoms with Crippen molar-refractivity contribution in [3.05, 3.63) is 0 Å². The van der Waals surface area contributed by atoms with Crippen molar-refractivity contribution in [2.45, 2.75) is 96.4 Å². The molecule has 3 atom stereocenters. The zero-order valence-electron chi connectivity index (χ0n) is 13.7. The lowest BCUT2D eigenvalue weighted by molar-refractivity contribution is -0.150. The van der Waals surface area contributed by atoms with Gasteiger partial charge in [-0.1, -0.05) is 45.4 Å². The van der Waals surface area contributed by atoms with E-state index in [1.807, 2.05) is 0 Å². The number of rotatable bonds is 13. The molecular weight excluding hydrogens is 268 g/mol. The molecule has 4 nitrogen and oxygen atoms in total. The number of ether oxygens (including phenoxy) is 2. The zero-order valence-corrected chi connectivity index (χ0v) is 13.7. The maximum atomic E-state index is 11.4. The van der Waals surface area contributed by atoms with Gasteiger partial charge in [0.2, 0.25) is 0 Å². The summed E-state index contributed by atoms with van der Waals surface area (Å²) in [6, 6.07) is 0. The molecule has 1 N–H and O–H groups in total. The van der Waals surface area contributed by atoms with E-state index in [1.54, 1.807) is 6.92 Å². The third-order valence-electron chi connectivity index (χ3n) is 4.05. The van der Waals surface area contributed by atoms with E-state index in [9.17, 15) is 4.79 Å². The monoisotopic (exact) mass is 300 g/mol. The van der Waals surface area contributed by atoms with Gasteiger partial charge in [0, 0.05) is 6.42 Å². The van der Waals surface area contributed by atoms with Crippen LogP contribution in [0.3, 0.4) is 0 Å². The zero-order chi connectivity index (χ0) is 15.5. The average molecular weight is 300 g/mol. The maximum absolute atomic E-state index is 11.4. The van der Waals surface area contributed by atoms with E-state index in [0.29, 0.717) is 18.6 Å².